The fourth-order valence-corrected chi connectivity index (χ4v) is 4.41. The van der Waals surface area contributed by atoms with Crippen LogP contribution in [-0.4, -0.2) is 25.2 Å². The van der Waals surface area contributed by atoms with E-state index in [0.29, 0.717) is 23.7 Å². The highest BCUT2D eigenvalue weighted by molar-refractivity contribution is 9.10. The minimum absolute atomic E-state index is 0.235. The summed E-state index contributed by atoms with van der Waals surface area (Å²) in [6.07, 6.45) is 0.884. The Bertz CT molecular complexity index is 1400. The maximum absolute atomic E-state index is 13.5. The van der Waals surface area contributed by atoms with Gasteiger partial charge in [-0.1, -0.05) is 45.8 Å². The maximum Gasteiger partial charge on any atom is 0.332 e. The number of aromatic nitrogens is 4. The van der Waals surface area contributed by atoms with Crippen LogP contribution in [0.25, 0.3) is 11.2 Å². The van der Waals surface area contributed by atoms with E-state index in [0.717, 1.165) is 34.3 Å². The van der Waals surface area contributed by atoms with Crippen LogP contribution in [0.15, 0.2) is 62.6 Å². The molecule has 3 heterocycles. The normalized spacial score (nSPS) is 13.6. The number of rotatable bonds is 3. The van der Waals surface area contributed by atoms with Gasteiger partial charge in [0, 0.05) is 30.3 Å². The van der Waals surface area contributed by atoms with Crippen molar-refractivity contribution in [3.8, 4) is 0 Å². The number of halogens is 1. The lowest BCUT2D eigenvalue weighted by Crippen LogP contribution is -2.40. The highest BCUT2D eigenvalue weighted by atomic mass is 79.9. The molecule has 7 nitrogen and oxygen atoms in total. The summed E-state index contributed by atoms with van der Waals surface area (Å²) in [5.41, 5.74) is 3.31. The molecule has 0 unspecified atom stereocenters. The Morgan fingerprint density at radius 1 is 1.00 bits per heavy atom. The van der Waals surface area contributed by atoms with Crippen LogP contribution in [-0.2, 0) is 20.1 Å². The summed E-state index contributed by atoms with van der Waals surface area (Å²) in [6.45, 7) is 3.74. The van der Waals surface area contributed by atoms with Gasteiger partial charge in [0.1, 0.15) is 0 Å². The topological polar surface area (TPSA) is 65.1 Å². The van der Waals surface area contributed by atoms with E-state index in [1.165, 1.54) is 9.13 Å². The smallest absolute Gasteiger partial charge is 0.312 e. The van der Waals surface area contributed by atoms with Gasteiger partial charge in [-0.05, 0) is 43.2 Å². The number of anilines is 2. The Labute approximate surface area is 187 Å². The van der Waals surface area contributed by atoms with Crippen LogP contribution < -0.4 is 16.1 Å². The van der Waals surface area contributed by atoms with E-state index in [4.69, 9.17) is 4.98 Å². The van der Waals surface area contributed by atoms with E-state index in [1.807, 2.05) is 60.0 Å². The molecule has 0 amide bonds. The molecule has 1 aliphatic heterocycles. The summed E-state index contributed by atoms with van der Waals surface area (Å²) in [5.74, 6) is 0.698. The van der Waals surface area contributed by atoms with E-state index in [-0.39, 0.29) is 17.8 Å². The molecule has 31 heavy (non-hydrogen) atoms. The third kappa shape index (κ3) is 3.31. The van der Waals surface area contributed by atoms with Gasteiger partial charge in [-0.2, -0.15) is 4.98 Å². The molecule has 0 saturated carbocycles. The molecule has 5 rings (SSSR count). The second kappa shape index (κ2) is 7.53. The quantitative estimate of drug-likeness (QED) is 0.450. The van der Waals surface area contributed by atoms with E-state index in [2.05, 4.69) is 20.8 Å². The lowest BCUT2D eigenvalue weighted by atomic mass is 10.1. The van der Waals surface area contributed by atoms with Crippen molar-refractivity contribution in [1.82, 2.24) is 18.7 Å². The minimum atomic E-state index is -0.358. The molecule has 2 aromatic heterocycles. The number of nitrogens with zero attached hydrogens (tertiary/aromatic N) is 5. The molecule has 0 bridgehead atoms. The van der Waals surface area contributed by atoms with Crippen molar-refractivity contribution in [2.24, 2.45) is 7.05 Å². The van der Waals surface area contributed by atoms with Gasteiger partial charge in [-0.3, -0.25) is 13.9 Å². The van der Waals surface area contributed by atoms with Gasteiger partial charge in [0.05, 0.1) is 6.54 Å². The second-order valence-electron chi connectivity index (χ2n) is 7.94. The third-order valence-corrected chi connectivity index (χ3v) is 6.35. The average Bonchev–Trinajstić information content (AvgIpc) is 3.17. The van der Waals surface area contributed by atoms with E-state index >= 15 is 0 Å². The fourth-order valence-electron chi connectivity index (χ4n) is 4.15. The zero-order valence-electron chi connectivity index (χ0n) is 17.4. The monoisotopic (exact) mass is 479 g/mol. The Morgan fingerprint density at radius 3 is 2.42 bits per heavy atom. The molecule has 0 N–H and O–H groups in total. The summed E-state index contributed by atoms with van der Waals surface area (Å²) in [5, 5.41) is 0. The van der Waals surface area contributed by atoms with E-state index < -0.39 is 0 Å². The summed E-state index contributed by atoms with van der Waals surface area (Å²) in [4.78, 5) is 33.3. The number of hydrogen-bond donors (Lipinski definition) is 0. The molecule has 0 spiro atoms. The zero-order chi connectivity index (χ0) is 21.7. The average molecular weight is 480 g/mol. The molecule has 1 aliphatic rings. The van der Waals surface area contributed by atoms with Crippen molar-refractivity contribution < 1.29 is 0 Å². The Kier molecular flexibility index (Phi) is 4.81. The van der Waals surface area contributed by atoms with Crippen LogP contribution in [0.4, 0.5) is 11.6 Å². The Hall–Kier alpha value is -3.13. The van der Waals surface area contributed by atoms with E-state index in [1.54, 1.807) is 7.05 Å². The number of benzene rings is 2. The largest absolute Gasteiger partial charge is 0.332 e. The summed E-state index contributed by atoms with van der Waals surface area (Å²) in [6, 6.07) is 15.9. The lowest BCUT2D eigenvalue weighted by molar-refractivity contribution is 0.597. The van der Waals surface area contributed by atoms with Crippen molar-refractivity contribution >= 4 is 38.7 Å². The Balaban J connectivity index is 1.68. The fraction of sp³-hybridized carbons (Fsp3) is 0.261. The van der Waals surface area contributed by atoms with Gasteiger partial charge < -0.3 is 9.47 Å². The van der Waals surface area contributed by atoms with Crippen LogP contribution in [0, 0.1) is 6.92 Å². The van der Waals surface area contributed by atoms with Gasteiger partial charge in [-0.15, -0.1) is 0 Å². The molecule has 0 atom stereocenters. The summed E-state index contributed by atoms with van der Waals surface area (Å²) < 4.78 is 5.74. The van der Waals surface area contributed by atoms with Crippen molar-refractivity contribution in [1.29, 1.82) is 0 Å². The molecule has 0 saturated heterocycles. The van der Waals surface area contributed by atoms with Crippen LogP contribution >= 0.6 is 15.9 Å². The number of fused-ring (bicyclic) bond motifs is 3. The zero-order valence-corrected chi connectivity index (χ0v) is 19.0. The van der Waals surface area contributed by atoms with Crippen LogP contribution in [0.1, 0.15) is 17.5 Å². The lowest BCUT2D eigenvalue weighted by Gasteiger charge is -2.29. The minimum Gasteiger partial charge on any atom is -0.312 e. The highest BCUT2D eigenvalue weighted by Crippen LogP contribution is 2.31. The van der Waals surface area contributed by atoms with E-state index in [9.17, 15) is 9.59 Å². The molecular weight excluding hydrogens is 458 g/mol. The second-order valence-corrected chi connectivity index (χ2v) is 8.85. The summed E-state index contributed by atoms with van der Waals surface area (Å²) >= 11 is 3.47. The van der Waals surface area contributed by atoms with Crippen molar-refractivity contribution in [2.45, 2.75) is 26.4 Å². The Morgan fingerprint density at radius 2 is 1.71 bits per heavy atom. The molecule has 158 valence electrons. The SMILES string of the molecule is Cc1ccc(Cn2c(=O)c3c(nc4n3CCCN4c3ccc(Br)cc3)n(C)c2=O)cc1. The standard InChI is InChI=1S/C23H22BrN5O2/c1-15-4-6-16(7-5-15)14-29-21(30)19-20(26(2)23(29)31)25-22-27(12-3-13-28(19)22)18-10-8-17(24)9-11-18/h4-11H,3,12-14H2,1-2H3. The maximum atomic E-state index is 13.5. The molecule has 8 heteroatoms. The highest BCUT2D eigenvalue weighted by Gasteiger charge is 2.27. The first-order valence-electron chi connectivity index (χ1n) is 10.2. The molecule has 4 aromatic rings. The van der Waals surface area contributed by atoms with Crippen molar-refractivity contribution in [3.05, 3.63) is 85.0 Å². The van der Waals surface area contributed by atoms with Gasteiger partial charge in [-0.25, -0.2) is 4.79 Å². The van der Waals surface area contributed by atoms with Crippen LogP contribution in [0.5, 0.6) is 0 Å². The van der Waals surface area contributed by atoms with Crippen molar-refractivity contribution in [3.63, 3.8) is 0 Å². The van der Waals surface area contributed by atoms with Gasteiger partial charge in [0.15, 0.2) is 11.2 Å². The molecule has 0 aliphatic carbocycles. The van der Waals surface area contributed by atoms with Crippen LogP contribution in [0.3, 0.4) is 0 Å². The summed E-state index contributed by atoms with van der Waals surface area (Å²) in [7, 11) is 1.68. The number of aryl methyl sites for hydroxylation is 3. The predicted molar refractivity (Wildman–Crippen MR) is 125 cm³/mol. The predicted octanol–water partition coefficient (Wildman–Crippen LogP) is 3.56. The molecular formula is C23H22BrN5O2. The third-order valence-electron chi connectivity index (χ3n) is 5.82. The van der Waals surface area contributed by atoms with Gasteiger partial charge in [0.25, 0.3) is 5.56 Å². The molecule has 2 aromatic carbocycles. The first-order chi connectivity index (χ1) is 14.9. The van der Waals surface area contributed by atoms with Crippen LogP contribution in [0.2, 0.25) is 0 Å². The molecule has 0 fully saturated rings. The molecule has 0 radical (unpaired) electrons. The number of imidazole rings is 1. The first-order valence-corrected chi connectivity index (χ1v) is 11.0. The van der Waals surface area contributed by atoms with Gasteiger partial charge in [0.2, 0.25) is 5.95 Å². The first kappa shape index (κ1) is 19.8. The number of hydrogen-bond acceptors (Lipinski definition) is 4. The van der Waals surface area contributed by atoms with Crippen molar-refractivity contribution in [2.75, 3.05) is 11.4 Å². The van der Waals surface area contributed by atoms with Gasteiger partial charge >= 0.3 is 5.69 Å².